The molecule has 1 aromatic carbocycles. The van der Waals surface area contributed by atoms with E-state index in [1.807, 2.05) is 0 Å². The lowest BCUT2D eigenvalue weighted by Crippen LogP contribution is -1.95. The normalized spacial score (nSPS) is 10.0. The molecule has 1 aromatic heterocycles. The van der Waals surface area contributed by atoms with Gasteiger partial charge in [-0.25, -0.2) is 4.98 Å². The first-order valence-corrected chi connectivity index (χ1v) is 6.42. The van der Waals surface area contributed by atoms with Crippen molar-refractivity contribution in [3.63, 3.8) is 0 Å². The van der Waals surface area contributed by atoms with E-state index in [4.69, 9.17) is 24.2 Å². The largest absolute Gasteiger partial charge is 0.493 e. The zero-order valence-electron chi connectivity index (χ0n) is 12.8. The number of oxazole rings is 1. The van der Waals surface area contributed by atoms with Gasteiger partial charge in [0.1, 0.15) is 5.76 Å². The van der Waals surface area contributed by atoms with Gasteiger partial charge in [0.2, 0.25) is 11.6 Å². The number of hydrogen-bond acceptors (Lipinski definition) is 6. The van der Waals surface area contributed by atoms with E-state index in [1.54, 1.807) is 19.1 Å². The minimum Gasteiger partial charge on any atom is -0.493 e. The summed E-state index contributed by atoms with van der Waals surface area (Å²) in [6.45, 7) is 1.90. The summed E-state index contributed by atoms with van der Waals surface area (Å²) < 4.78 is 21.5. The van der Waals surface area contributed by atoms with Gasteiger partial charge in [-0.05, 0) is 24.6 Å². The van der Waals surface area contributed by atoms with Crippen LogP contribution in [0.3, 0.4) is 0 Å². The van der Waals surface area contributed by atoms with E-state index in [1.165, 1.54) is 21.3 Å². The number of aromatic nitrogens is 1. The van der Waals surface area contributed by atoms with Gasteiger partial charge in [-0.2, -0.15) is 0 Å². The first kappa shape index (κ1) is 15.5. The molecule has 0 fully saturated rings. The smallest absolute Gasteiger partial charge is 0.226 e. The molecular weight excluding hydrogens is 288 g/mol. The van der Waals surface area contributed by atoms with Gasteiger partial charge in [0.15, 0.2) is 11.5 Å². The molecule has 0 amide bonds. The van der Waals surface area contributed by atoms with Gasteiger partial charge in [-0.3, -0.25) is 0 Å². The Hall–Kier alpha value is -2.86. The van der Waals surface area contributed by atoms with E-state index < -0.39 is 0 Å². The van der Waals surface area contributed by atoms with Gasteiger partial charge in [0.05, 0.1) is 33.6 Å². The van der Waals surface area contributed by atoms with E-state index in [0.29, 0.717) is 40.2 Å². The Morgan fingerprint density at radius 3 is 2.32 bits per heavy atom. The number of aryl methyl sites for hydroxylation is 1. The van der Waals surface area contributed by atoms with Crippen LogP contribution in [0.5, 0.6) is 17.2 Å². The summed E-state index contributed by atoms with van der Waals surface area (Å²) >= 11 is 0. The van der Waals surface area contributed by atoms with Crippen molar-refractivity contribution in [1.29, 1.82) is 0 Å². The van der Waals surface area contributed by atoms with Crippen LogP contribution in [0.15, 0.2) is 21.7 Å². The van der Waals surface area contributed by atoms with Crippen LogP contribution in [0, 0.1) is 6.92 Å². The maximum atomic E-state index is 8.39. The van der Waals surface area contributed by atoms with Gasteiger partial charge >= 0.3 is 0 Å². The fourth-order valence-corrected chi connectivity index (χ4v) is 2.00. The number of hydrogen-bond donors (Lipinski definition) is 0. The number of benzene rings is 1. The van der Waals surface area contributed by atoms with Crippen LogP contribution in [-0.4, -0.2) is 26.3 Å². The third kappa shape index (κ3) is 2.91. The van der Waals surface area contributed by atoms with E-state index in [-0.39, 0.29) is 6.54 Å². The van der Waals surface area contributed by atoms with Crippen molar-refractivity contribution >= 4 is 0 Å². The van der Waals surface area contributed by atoms with Gasteiger partial charge < -0.3 is 18.6 Å². The summed E-state index contributed by atoms with van der Waals surface area (Å²) in [6.07, 6.45) is 0. The van der Waals surface area contributed by atoms with E-state index in [9.17, 15) is 0 Å². The van der Waals surface area contributed by atoms with Crippen LogP contribution in [0.1, 0.15) is 11.5 Å². The average molecular weight is 304 g/mol. The molecule has 0 bridgehead atoms. The number of nitrogens with zero attached hydrogens (tertiary/aromatic N) is 4. The molecule has 0 unspecified atom stereocenters. The number of ether oxygens (including phenoxy) is 3. The molecule has 8 heteroatoms. The van der Waals surface area contributed by atoms with Crippen LogP contribution in [0.25, 0.3) is 21.9 Å². The zero-order valence-corrected chi connectivity index (χ0v) is 12.8. The van der Waals surface area contributed by atoms with Crippen molar-refractivity contribution in [2.45, 2.75) is 13.5 Å². The van der Waals surface area contributed by atoms with E-state index in [0.717, 1.165) is 0 Å². The number of rotatable bonds is 6. The van der Waals surface area contributed by atoms with Crippen molar-refractivity contribution in [2.75, 3.05) is 21.3 Å². The highest BCUT2D eigenvalue weighted by Gasteiger charge is 2.18. The summed E-state index contributed by atoms with van der Waals surface area (Å²) in [6, 6.07) is 3.48. The summed E-state index contributed by atoms with van der Waals surface area (Å²) in [7, 11) is 4.61. The van der Waals surface area contributed by atoms with Crippen LogP contribution in [0.2, 0.25) is 0 Å². The molecular formula is C14H16N4O4. The second-order valence-corrected chi connectivity index (χ2v) is 4.32. The minimum atomic E-state index is 0.135. The van der Waals surface area contributed by atoms with Crippen molar-refractivity contribution in [1.82, 2.24) is 4.98 Å². The van der Waals surface area contributed by atoms with Gasteiger partial charge in [-0.1, -0.05) is 5.11 Å². The molecule has 0 saturated heterocycles. The quantitative estimate of drug-likeness (QED) is 0.461. The molecule has 2 aromatic rings. The van der Waals surface area contributed by atoms with E-state index in [2.05, 4.69) is 15.0 Å². The van der Waals surface area contributed by atoms with Crippen molar-refractivity contribution in [3.8, 4) is 28.7 Å². The standard InChI is InChI=1S/C14H16N4O4/c1-8-10(7-16-18-15)17-14(22-8)9-5-11(19-2)13(21-4)12(6-9)20-3/h5-6H,7H2,1-4H3. The lowest BCUT2D eigenvalue weighted by atomic mass is 10.2. The van der Waals surface area contributed by atoms with Crippen molar-refractivity contribution < 1.29 is 18.6 Å². The highest BCUT2D eigenvalue weighted by molar-refractivity contribution is 5.66. The lowest BCUT2D eigenvalue weighted by molar-refractivity contribution is 0.324. The highest BCUT2D eigenvalue weighted by Crippen LogP contribution is 2.41. The molecule has 0 spiro atoms. The first-order chi connectivity index (χ1) is 10.6. The fourth-order valence-electron chi connectivity index (χ4n) is 2.00. The van der Waals surface area contributed by atoms with Gasteiger partial charge in [0, 0.05) is 10.5 Å². The van der Waals surface area contributed by atoms with Crippen LogP contribution in [0.4, 0.5) is 0 Å². The van der Waals surface area contributed by atoms with Gasteiger partial charge in [-0.15, -0.1) is 0 Å². The van der Waals surface area contributed by atoms with Gasteiger partial charge in [0.25, 0.3) is 0 Å². The van der Waals surface area contributed by atoms with E-state index >= 15 is 0 Å². The zero-order chi connectivity index (χ0) is 16.1. The second-order valence-electron chi connectivity index (χ2n) is 4.32. The van der Waals surface area contributed by atoms with Crippen LogP contribution >= 0.6 is 0 Å². The summed E-state index contributed by atoms with van der Waals surface area (Å²) in [5.74, 6) is 2.48. The fraction of sp³-hybridized carbons (Fsp3) is 0.357. The summed E-state index contributed by atoms with van der Waals surface area (Å²) in [5, 5.41) is 3.49. The van der Waals surface area contributed by atoms with Crippen LogP contribution < -0.4 is 14.2 Å². The maximum Gasteiger partial charge on any atom is 0.226 e. The average Bonchev–Trinajstić information content (AvgIpc) is 2.92. The molecule has 1 heterocycles. The SMILES string of the molecule is COc1cc(-c2nc(CN=[N+]=[N-])c(C)o2)cc(OC)c1OC. The molecule has 2 rings (SSSR count). The molecule has 0 radical (unpaired) electrons. The molecule has 8 nitrogen and oxygen atoms in total. The van der Waals surface area contributed by atoms with Crippen molar-refractivity contribution in [2.24, 2.45) is 5.11 Å². The Morgan fingerprint density at radius 2 is 1.82 bits per heavy atom. The number of azide groups is 1. The summed E-state index contributed by atoms with van der Waals surface area (Å²) in [4.78, 5) is 7.06. The minimum absolute atomic E-state index is 0.135. The predicted octanol–water partition coefficient (Wildman–Crippen LogP) is 3.49. The monoisotopic (exact) mass is 304 g/mol. The topological polar surface area (TPSA) is 102 Å². The number of methoxy groups -OCH3 is 3. The highest BCUT2D eigenvalue weighted by atomic mass is 16.5. The molecule has 0 N–H and O–H groups in total. The molecule has 0 aliphatic rings. The lowest BCUT2D eigenvalue weighted by Gasteiger charge is -2.12. The molecule has 0 aliphatic carbocycles. The van der Waals surface area contributed by atoms with Crippen molar-refractivity contribution in [3.05, 3.63) is 34.0 Å². The molecule has 0 saturated carbocycles. The Kier molecular flexibility index (Phi) is 4.75. The molecule has 22 heavy (non-hydrogen) atoms. The first-order valence-electron chi connectivity index (χ1n) is 6.42. The second kappa shape index (κ2) is 6.73. The Labute approximate surface area is 127 Å². The Bertz CT molecular complexity index is 695. The Balaban J connectivity index is 2.50. The maximum absolute atomic E-state index is 8.39. The predicted molar refractivity (Wildman–Crippen MR) is 79.2 cm³/mol. The molecule has 116 valence electrons. The Morgan fingerprint density at radius 1 is 1.18 bits per heavy atom. The molecule has 0 atom stereocenters. The third-order valence-electron chi connectivity index (χ3n) is 3.09. The third-order valence-corrected chi connectivity index (χ3v) is 3.09. The van der Waals surface area contributed by atoms with Crippen LogP contribution in [-0.2, 0) is 6.54 Å². The summed E-state index contributed by atoms with van der Waals surface area (Å²) in [5.41, 5.74) is 9.65. The molecule has 0 aliphatic heterocycles.